The molecule has 0 aliphatic carbocycles. The Morgan fingerprint density at radius 2 is 1.09 bits per heavy atom. The predicted molar refractivity (Wildman–Crippen MR) is 127 cm³/mol. The molecule has 0 rings (SSSR count). The molecule has 0 aliphatic rings. The van der Waals surface area contributed by atoms with E-state index < -0.39 is 49.0 Å². The zero-order chi connectivity index (χ0) is 25.9. The van der Waals surface area contributed by atoms with Crippen molar-refractivity contribution in [2.45, 2.75) is 122 Å². The van der Waals surface area contributed by atoms with Crippen molar-refractivity contribution in [1.29, 1.82) is 0 Å². The van der Waals surface area contributed by atoms with Crippen molar-refractivity contribution in [2.24, 2.45) is 0 Å². The molecule has 0 aliphatic heterocycles. The van der Waals surface area contributed by atoms with Gasteiger partial charge in [0.1, 0.15) is 0 Å². The molecule has 0 aromatic rings. The smallest absolute Gasteiger partial charge is 0.550 e. The summed E-state index contributed by atoms with van der Waals surface area (Å²) in [5, 5.41) is 10.4. The van der Waals surface area contributed by atoms with Gasteiger partial charge in [-0.3, -0.25) is 13.5 Å². The second kappa shape index (κ2) is 21.8. The normalized spacial score (nSPS) is 11.7. The van der Waals surface area contributed by atoms with Gasteiger partial charge in [-0.15, -0.1) is 0 Å². The monoisotopic (exact) mass is 551 g/mol. The van der Waals surface area contributed by atoms with Gasteiger partial charge in [-0.05, 0) is 12.8 Å². The van der Waals surface area contributed by atoms with E-state index in [2.05, 4.69) is 11.1 Å². The molecule has 1 N–H and O–H groups in total. The minimum Gasteiger partial charge on any atom is -0.550 e. The summed E-state index contributed by atoms with van der Waals surface area (Å²) in [6.07, 6.45) is 16.3. The Bertz CT molecular complexity index is 774. The van der Waals surface area contributed by atoms with E-state index in [0.717, 1.165) is 19.3 Å². The van der Waals surface area contributed by atoms with Crippen LogP contribution in [0.4, 0.5) is 0 Å². The molecule has 0 aromatic heterocycles. The van der Waals surface area contributed by atoms with E-state index in [9.17, 15) is 31.5 Å². The number of carbonyl (C=O) groups excluding carboxylic acids is 2. The van der Waals surface area contributed by atoms with Gasteiger partial charge in [-0.1, -0.05) is 107 Å². The van der Waals surface area contributed by atoms with Crippen LogP contribution < -0.4 is 34.7 Å². The number of amides is 1. The van der Waals surface area contributed by atoms with Gasteiger partial charge in [-0.25, -0.2) is 0 Å². The Balaban J connectivity index is 0. The van der Waals surface area contributed by atoms with Gasteiger partial charge in [0, 0.05) is 12.4 Å². The fourth-order valence-corrected chi connectivity index (χ4v) is 5.70. The summed E-state index contributed by atoms with van der Waals surface area (Å²) in [7, 11) is -10.6. The standard InChI is InChI=1S/C22H43NO9S2.Na/c1-2-3-4-5-6-7-8-9-10-11-12-13-14-15-16-17-20-32-34(30,31)23(33(27,28)29)21(24)18-19-22(25)26;/h2-20H2,1H3,(H,25,26)(H,27,28,29);/q;+1/p-1. The third kappa shape index (κ3) is 20.5. The molecule has 0 bridgehead atoms. The molecule has 202 valence electrons. The first kappa shape index (κ1) is 36.9. The third-order valence-corrected chi connectivity index (χ3v) is 8.20. The molecule has 0 heterocycles. The first-order valence-electron chi connectivity index (χ1n) is 12.4. The first-order valence-corrected chi connectivity index (χ1v) is 15.2. The van der Waals surface area contributed by atoms with Crippen LogP contribution in [0, 0.1) is 0 Å². The van der Waals surface area contributed by atoms with E-state index in [4.69, 9.17) is 4.55 Å². The number of carboxylic acids is 1. The molecule has 13 heteroatoms. The maximum Gasteiger partial charge on any atom is 1.00 e. The van der Waals surface area contributed by atoms with Crippen molar-refractivity contribution in [3.05, 3.63) is 0 Å². The topological polar surface area (TPSA) is 158 Å². The van der Waals surface area contributed by atoms with Crippen LogP contribution >= 0.6 is 0 Å². The average molecular weight is 552 g/mol. The van der Waals surface area contributed by atoms with Crippen LogP contribution in [0.5, 0.6) is 0 Å². The Morgan fingerprint density at radius 1 is 0.714 bits per heavy atom. The Kier molecular flexibility index (Phi) is 23.0. The maximum atomic E-state index is 12.0. The minimum absolute atomic E-state index is 0. The van der Waals surface area contributed by atoms with Crippen LogP contribution in [0.3, 0.4) is 0 Å². The molecule has 0 fully saturated rings. The van der Waals surface area contributed by atoms with Crippen LogP contribution in [0.15, 0.2) is 0 Å². The largest absolute Gasteiger partial charge is 1.00 e. The molecule has 1 amide bonds. The van der Waals surface area contributed by atoms with E-state index in [1.54, 1.807) is 0 Å². The number of aliphatic carboxylic acids is 1. The molecular formula is C22H42NNaO9S2. The first-order chi connectivity index (χ1) is 16.0. The zero-order valence-corrected chi connectivity index (χ0v) is 25.0. The molecule has 0 unspecified atom stereocenters. The van der Waals surface area contributed by atoms with E-state index in [1.807, 2.05) is 0 Å². The second-order valence-electron chi connectivity index (χ2n) is 8.52. The Labute approximate surface area is 234 Å². The van der Waals surface area contributed by atoms with Gasteiger partial charge in [-0.2, -0.15) is 16.8 Å². The summed E-state index contributed by atoms with van der Waals surface area (Å²) in [5.41, 5.74) is 0. The fourth-order valence-electron chi connectivity index (χ4n) is 3.53. The SMILES string of the molecule is CCCCCCCCCCCCCCCCCCOS(=O)(=O)N(C(=O)CCC(=O)[O-])S(=O)(=O)O.[Na+]. The number of hydrogen-bond acceptors (Lipinski definition) is 8. The van der Waals surface area contributed by atoms with Crippen molar-refractivity contribution in [2.75, 3.05) is 6.61 Å². The Morgan fingerprint density at radius 3 is 1.43 bits per heavy atom. The fraction of sp³-hybridized carbons (Fsp3) is 0.909. The van der Waals surface area contributed by atoms with Crippen molar-refractivity contribution >= 4 is 32.5 Å². The zero-order valence-electron chi connectivity index (χ0n) is 21.4. The molecule has 0 aromatic carbocycles. The number of carboxylic acid groups (broad SMARTS) is 1. The summed E-state index contributed by atoms with van der Waals surface area (Å²) in [5.74, 6) is -3.31. The van der Waals surface area contributed by atoms with Crippen LogP contribution in [-0.4, -0.2) is 43.6 Å². The minimum atomic E-state index is -5.49. The van der Waals surface area contributed by atoms with Gasteiger partial charge in [0.15, 0.2) is 0 Å². The number of unbranched alkanes of at least 4 members (excludes halogenated alkanes) is 15. The number of nitrogens with zero attached hydrogens (tertiary/aromatic N) is 1. The van der Waals surface area contributed by atoms with Gasteiger partial charge < -0.3 is 9.90 Å². The average Bonchev–Trinajstić information content (AvgIpc) is 2.73. The number of carbonyl (C=O) groups is 2. The molecule has 0 atom stereocenters. The maximum absolute atomic E-state index is 12.0. The Hall–Kier alpha value is -0.240. The quantitative estimate of drug-likeness (QED) is 0.109. The summed E-state index contributed by atoms with van der Waals surface area (Å²) >= 11 is 0. The van der Waals surface area contributed by atoms with Crippen LogP contribution in [0.25, 0.3) is 0 Å². The molecule has 0 saturated carbocycles. The molecule has 0 saturated heterocycles. The van der Waals surface area contributed by atoms with Crippen molar-refractivity contribution in [3.63, 3.8) is 0 Å². The van der Waals surface area contributed by atoms with Gasteiger partial charge >= 0.3 is 50.2 Å². The second-order valence-corrected chi connectivity index (χ2v) is 11.5. The molecule has 0 spiro atoms. The van der Waals surface area contributed by atoms with E-state index in [-0.39, 0.29) is 36.2 Å². The molecule has 35 heavy (non-hydrogen) atoms. The molecular weight excluding hydrogens is 509 g/mol. The van der Waals surface area contributed by atoms with Crippen molar-refractivity contribution in [1.82, 2.24) is 3.71 Å². The summed E-state index contributed by atoms with van der Waals surface area (Å²) < 4.78 is 59.3. The predicted octanol–water partition coefficient (Wildman–Crippen LogP) is 0.675. The number of rotatable bonds is 23. The summed E-state index contributed by atoms with van der Waals surface area (Å²) in [4.78, 5) is 22.2. The van der Waals surface area contributed by atoms with Crippen LogP contribution in [-0.2, 0) is 34.4 Å². The number of hydrogen-bond donors (Lipinski definition) is 1. The van der Waals surface area contributed by atoms with Crippen LogP contribution in [0.1, 0.15) is 122 Å². The van der Waals surface area contributed by atoms with Crippen molar-refractivity contribution in [3.8, 4) is 0 Å². The van der Waals surface area contributed by atoms with E-state index in [1.165, 1.54) is 70.6 Å². The van der Waals surface area contributed by atoms with Gasteiger partial charge in [0.2, 0.25) is 0 Å². The molecule has 0 radical (unpaired) electrons. The molecule has 10 nitrogen and oxygen atoms in total. The summed E-state index contributed by atoms with van der Waals surface area (Å²) in [6, 6.07) is 0. The van der Waals surface area contributed by atoms with Crippen LogP contribution in [0.2, 0.25) is 0 Å². The summed E-state index contributed by atoms with van der Waals surface area (Å²) in [6.45, 7) is 1.87. The van der Waals surface area contributed by atoms with Gasteiger partial charge in [0.25, 0.3) is 5.91 Å². The van der Waals surface area contributed by atoms with Gasteiger partial charge in [0.05, 0.1) is 6.61 Å². The van der Waals surface area contributed by atoms with Crippen molar-refractivity contribution < 1.29 is 69.8 Å². The van der Waals surface area contributed by atoms with E-state index in [0.29, 0.717) is 12.8 Å². The third-order valence-electron chi connectivity index (χ3n) is 5.39. The van der Waals surface area contributed by atoms with E-state index >= 15 is 0 Å².